The third-order valence-corrected chi connectivity index (χ3v) is 4.30. The highest BCUT2D eigenvalue weighted by Gasteiger charge is 2.35. The van der Waals surface area contributed by atoms with Gasteiger partial charge in [0.05, 0.1) is 5.60 Å². The second-order valence-corrected chi connectivity index (χ2v) is 6.69. The van der Waals surface area contributed by atoms with Crippen LogP contribution >= 0.6 is 23.2 Å². The minimum Gasteiger partial charge on any atom is -0.385 e. The van der Waals surface area contributed by atoms with Crippen LogP contribution in [0.15, 0.2) is 18.2 Å². The van der Waals surface area contributed by atoms with Crippen molar-refractivity contribution in [2.45, 2.75) is 32.3 Å². The molecule has 1 N–H and O–H groups in total. The number of halogens is 2. The number of likely N-dealkylation sites (tertiary alicyclic amines) is 1. The van der Waals surface area contributed by atoms with E-state index in [1.54, 1.807) is 18.2 Å². The predicted octanol–water partition coefficient (Wildman–Crippen LogP) is 3.93. The molecule has 1 fully saturated rings. The first-order valence-corrected chi connectivity index (χ1v) is 7.56. The van der Waals surface area contributed by atoms with E-state index >= 15 is 0 Å². The van der Waals surface area contributed by atoms with Gasteiger partial charge in [-0.2, -0.15) is 0 Å². The molecule has 1 heterocycles. The second kappa shape index (κ2) is 6.01. The van der Waals surface area contributed by atoms with Gasteiger partial charge in [-0.15, -0.1) is 0 Å². The van der Waals surface area contributed by atoms with Gasteiger partial charge in [-0.25, -0.2) is 0 Å². The van der Waals surface area contributed by atoms with Gasteiger partial charge in [0.2, 0.25) is 0 Å². The summed E-state index contributed by atoms with van der Waals surface area (Å²) >= 11 is 12.2. The Morgan fingerprint density at radius 1 is 1.26 bits per heavy atom. The van der Waals surface area contributed by atoms with Crippen molar-refractivity contribution in [2.75, 3.05) is 19.6 Å². The molecule has 1 aliphatic heterocycles. The highest BCUT2D eigenvalue weighted by molar-refractivity contribution is 6.33. The molecule has 1 saturated heterocycles. The van der Waals surface area contributed by atoms with E-state index in [4.69, 9.17) is 23.2 Å². The molecule has 0 amide bonds. The number of piperidine rings is 1. The van der Waals surface area contributed by atoms with Crippen LogP contribution in [-0.4, -0.2) is 29.6 Å². The lowest BCUT2D eigenvalue weighted by Crippen LogP contribution is -2.43. The monoisotopic (exact) mass is 301 g/mol. The summed E-state index contributed by atoms with van der Waals surface area (Å²) in [5.41, 5.74) is -0.0685. The first-order valence-electron chi connectivity index (χ1n) is 6.81. The molecule has 0 saturated carbocycles. The molecule has 0 radical (unpaired) electrons. The standard InChI is InChI=1S/C15H21Cl2NO/c1-11(2)10-18-7-5-15(19,6-8-18)13-9-12(16)3-4-14(13)17/h3-4,9,11,19H,5-8,10H2,1-2H3. The van der Waals surface area contributed by atoms with E-state index in [9.17, 15) is 5.11 Å². The average molecular weight is 302 g/mol. The largest absolute Gasteiger partial charge is 0.385 e. The van der Waals surface area contributed by atoms with Crippen molar-refractivity contribution in [1.29, 1.82) is 0 Å². The zero-order valence-corrected chi connectivity index (χ0v) is 13.0. The third kappa shape index (κ3) is 3.63. The number of aliphatic hydroxyl groups is 1. The molecule has 0 aromatic heterocycles. The maximum Gasteiger partial charge on any atom is 0.0935 e. The maximum absolute atomic E-state index is 10.8. The number of nitrogens with zero attached hydrogens (tertiary/aromatic N) is 1. The topological polar surface area (TPSA) is 23.5 Å². The summed E-state index contributed by atoms with van der Waals surface area (Å²) < 4.78 is 0. The fourth-order valence-electron chi connectivity index (χ4n) is 2.75. The highest BCUT2D eigenvalue weighted by Crippen LogP contribution is 2.38. The van der Waals surface area contributed by atoms with Crippen molar-refractivity contribution in [2.24, 2.45) is 5.92 Å². The van der Waals surface area contributed by atoms with E-state index in [0.717, 1.165) is 25.2 Å². The quantitative estimate of drug-likeness (QED) is 0.914. The molecule has 1 aromatic rings. The van der Waals surface area contributed by atoms with E-state index < -0.39 is 5.60 Å². The summed E-state index contributed by atoms with van der Waals surface area (Å²) in [6, 6.07) is 5.31. The van der Waals surface area contributed by atoms with Crippen LogP contribution in [-0.2, 0) is 5.60 Å². The Balaban J connectivity index is 2.11. The minimum absolute atomic E-state index is 0.601. The van der Waals surface area contributed by atoms with Crippen LogP contribution in [0.4, 0.5) is 0 Å². The molecule has 0 unspecified atom stereocenters. The normalized spacial score (nSPS) is 19.9. The Morgan fingerprint density at radius 2 is 1.89 bits per heavy atom. The molecule has 0 spiro atoms. The predicted molar refractivity (Wildman–Crippen MR) is 80.9 cm³/mol. The van der Waals surface area contributed by atoms with E-state index in [0.29, 0.717) is 28.8 Å². The first kappa shape index (κ1) is 15.1. The SMILES string of the molecule is CC(C)CN1CCC(O)(c2cc(Cl)ccc2Cl)CC1. The van der Waals surface area contributed by atoms with E-state index in [2.05, 4.69) is 18.7 Å². The Hall–Kier alpha value is -0.280. The lowest BCUT2D eigenvalue weighted by atomic mass is 9.84. The molecule has 1 aliphatic rings. The van der Waals surface area contributed by atoms with Crippen LogP contribution in [0.1, 0.15) is 32.3 Å². The Bertz CT molecular complexity index is 440. The maximum atomic E-state index is 10.8. The van der Waals surface area contributed by atoms with Crippen molar-refractivity contribution in [3.8, 4) is 0 Å². The summed E-state index contributed by atoms with van der Waals surface area (Å²) in [6.45, 7) is 7.32. The molecular weight excluding hydrogens is 281 g/mol. The molecule has 2 nitrogen and oxygen atoms in total. The van der Waals surface area contributed by atoms with Gasteiger partial charge in [0, 0.05) is 35.2 Å². The number of hydrogen-bond donors (Lipinski definition) is 1. The molecule has 2 rings (SSSR count). The number of benzene rings is 1. The van der Waals surface area contributed by atoms with Gasteiger partial charge >= 0.3 is 0 Å². The van der Waals surface area contributed by atoms with Gasteiger partial charge in [-0.3, -0.25) is 0 Å². The van der Waals surface area contributed by atoms with Gasteiger partial charge in [0.25, 0.3) is 0 Å². The van der Waals surface area contributed by atoms with Crippen LogP contribution in [0.5, 0.6) is 0 Å². The molecular formula is C15H21Cl2NO. The lowest BCUT2D eigenvalue weighted by molar-refractivity contribution is -0.0278. The molecule has 0 atom stereocenters. The van der Waals surface area contributed by atoms with Crippen molar-refractivity contribution in [1.82, 2.24) is 4.90 Å². The summed E-state index contributed by atoms with van der Waals surface area (Å²) in [6.07, 6.45) is 1.42. The number of rotatable bonds is 3. The molecule has 106 valence electrons. The van der Waals surface area contributed by atoms with Gasteiger partial charge in [-0.05, 0) is 37.0 Å². The van der Waals surface area contributed by atoms with Gasteiger partial charge in [0.1, 0.15) is 0 Å². The van der Waals surface area contributed by atoms with Crippen LogP contribution in [0, 0.1) is 5.92 Å². The first-order chi connectivity index (χ1) is 8.90. The summed E-state index contributed by atoms with van der Waals surface area (Å²) in [5, 5.41) is 12.1. The summed E-state index contributed by atoms with van der Waals surface area (Å²) in [4.78, 5) is 2.40. The van der Waals surface area contributed by atoms with E-state index in [-0.39, 0.29) is 0 Å². The smallest absolute Gasteiger partial charge is 0.0935 e. The van der Waals surface area contributed by atoms with Crippen LogP contribution in [0.3, 0.4) is 0 Å². The Morgan fingerprint density at radius 3 is 2.47 bits per heavy atom. The zero-order chi connectivity index (χ0) is 14.0. The van der Waals surface area contributed by atoms with Gasteiger partial charge in [0.15, 0.2) is 0 Å². The van der Waals surface area contributed by atoms with Crippen molar-refractivity contribution in [3.05, 3.63) is 33.8 Å². The Kier molecular flexibility index (Phi) is 4.78. The van der Waals surface area contributed by atoms with E-state index in [1.807, 2.05) is 0 Å². The lowest BCUT2D eigenvalue weighted by Gasteiger charge is -2.39. The van der Waals surface area contributed by atoms with Crippen LogP contribution in [0.25, 0.3) is 0 Å². The number of hydrogen-bond acceptors (Lipinski definition) is 2. The molecule has 0 aliphatic carbocycles. The molecule has 4 heteroatoms. The fourth-order valence-corrected chi connectivity index (χ4v) is 3.21. The molecule has 1 aromatic carbocycles. The summed E-state index contributed by atoms with van der Waals surface area (Å²) in [7, 11) is 0. The highest BCUT2D eigenvalue weighted by atomic mass is 35.5. The minimum atomic E-state index is -0.838. The van der Waals surface area contributed by atoms with Gasteiger partial charge < -0.3 is 10.0 Å². The van der Waals surface area contributed by atoms with Crippen molar-refractivity contribution in [3.63, 3.8) is 0 Å². The summed E-state index contributed by atoms with van der Waals surface area (Å²) in [5.74, 6) is 0.654. The van der Waals surface area contributed by atoms with Crippen LogP contribution < -0.4 is 0 Å². The molecule has 0 bridgehead atoms. The van der Waals surface area contributed by atoms with Crippen LogP contribution in [0.2, 0.25) is 10.0 Å². The molecule has 19 heavy (non-hydrogen) atoms. The van der Waals surface area contributed by atoms with Crippen molar-refractivity contribution >= 4 is 23.2 Å². The second-order valence-electron chi connectivity index (χ2n) is 5.85. The Labute approximate surface area is 125 Å². The zero-order valence-electron chi connectivity index (χ0n) is 11.5. The average Bonchev–Trinajstić information content (AvgIpc) is 2.35. The fraction of sp³-hybridized carbons (Fsp3) is 0.600. The third-order valence-electron chi connectivity index (χ3n) is 3.74. The van der Waals surface area contributed by atoms with Gasteiger partial charge in [-0.1, -0.05) is 37.0 Å². The van der Waals surface area contributed by atoms with Crippen molar-refractivity contribution < 1.29 is 5.11 Å². The van der Waals surface area contributed by atoms with E-state index in [1.165, 1.54) is 0 Å².